The van der Waals surface area contributed by atoms with Crippen molar-refractivity contribution in [3.8, 4) is 11.8 Å². The Morgan fingerprint density at radius 2 is 1.94 bits per heavy atom. The third-order valence-corrected chi connectivity index (χ3v) is 2.05. The van der Waals surface area contributed by atoms with Crippen molar-refractivity contribution in [3.63, 3.8) is 0 Å². The van der Waals surface area contributed by atoms with Crippen LogP contribution in [-0.4, -0.2) is 17.7 Å². The number of ether oxygens (including phenoxy) is 2. The smallest absolute Gasteiger partial charge is 0.347 e. The molecule has 0 bridgehead atoms. The van der Waals surface area contributed by atoms with Crippen molar-refractivity contribution in [3.05, 3.63) is 29.8 Å². The third-order valence-electron chi connectivity index (χ3n) is 2.05. The first-order valence-electron chi connectivity index (χ1n) is 5.72. The van der Waals surface area contributed by atoms with Gasteiger partial charge in [-0.1, -0.05) is 12.1 Å². The Morgan fingerprint density at radius 1 is 1.33 bits per heavy atom. The quantitative estimate of drug-likeness (QED) is 0.770. The second-order valence-corrected chi connectivity index (χ2v) is 4.90. The van der Waals surface area contributed by atoms with Gasteiger partial charge < -0.3 is 9.47 Å². The summed E-state index contributed by atoms with van der Waals surface area (Å²) in [6, 6.07) is 8.79. The second kappa shape index (κ2) is 5.54. The van der Waals surface area contributed by atoms with Gasteiger partial charge in [-0.15, -0.1) is 0 Å². The van der Waals surface area contributed by atoms with Gasteiger partial charge in [-0.2, -0.15) is 5.26 Å². The fraction of sp³-hybridized carbons (Fsp3) is 0.429. The number of hydrogen-bond acceptors (Lipinski definition) is 4. The van der Waals surface area contributed by atoms with Crippen molar-refractivity contribution < 1.29 is 14.3 Å². The van der Waals surface area contributed by atoms with Crippen LogP contribution < -0.4 is 4.74 Å². The fourth-order valence-electron chi connectivity index (χ4n) is 1.29. The molecule has 0 heterocycles. The van der Waals surface area contributed by atoms with Gasteiger partial charge in [-0.25, -0.2) is 4.79 Å². The van der Waals surface area contributed by atoms with E-state index in [4.69, 9.17) is 14.7 Å². The maximum Gasteiger partial charge on any atom is 0.347 e. The summed E-state index contributed by atoms with van der Waals surface area (Å²) in [4.78, 5) is 11.7. The van der Waals surface area contributed by atoms with Crippen LogP contribution in [0.4, 0.5) is 0 Å². The topological polar surface area (TPSA) is 59.3 Å². The molecule has 0 aromatic heterocycles. The lowest BCUT2D eigenvalue weighted by Crippen LogP contribution is -2.33. The van der Waals surface area contributed by atoms with Crippen LogP contribution in [0, 0.1) is 11.3 Å². The summed E-state index contributed by atoms with van der Waals surface area (Å²) in [6.45, 7) is 6.98. The fourth-order valence-corrected chi connectivity index (χ4v) is 1.29. The number of carbonyl (C=O) groups excluding carboxylic acids is 1. The van der Waals surface area contributed by atoms with E-state index in [9.17, 15) is 4.79 Å². The number of hydrogen-bond donors (Lipinski definition) is 0. The monoisotopic (exact) mass is 247 g/mol. The number of benzene rings is 1. The molecule has 4 heteroatoms. The Hall–Kier alpha value is -2.02. The van der Waals surface area contributed by atoms with E-state index >= 15 is 0 Å². The molecule has 18 heavy (non-hydrogen) atoms. The van der Waals surface area contributed by atoms with Crippen molar-refractivity contribution in [1.29, 1.82) is 5.26 Å². The molecule has 1 atom stereocenters. The van der Waals surface area contributed by atoms with Crippen molar-refractivity contribution in [2.45, 2.75) is 39.4 Å². The maximum atomic E-state index is 11.7. The van der Waals surface area contributed by atoms with E-state index in [0.29, 0.717) is 11.3 Å². The van der Waals surface area contributed by atoms with Crippen LogP contribution in [0.1, 0.15) is 33.3 Å². The van der Waals surface area contributed by atoms with Gasteiger partial charge in [0.15, 0.2) is 6.10 Å². The predicted octanol–water partition coefficient (Wildman–Crippen LogP) is 2.67. The second-order valence-electron chi connectivity index (χ2n) is 4.90. The zero-order valence-corrected chi connectivity index (χ0v) is 11.1. The molecule has 0 radical (unpaired) electrons. The third kappa shape index (κ3) is 4.10. The molecule has 1 aromatic carbocycles. The van der Waals surface area contributed by atoms with Crippen molar-refractivity contribution in [2.75, 3.05) is 0 Å². The Bertz CT molecular complexity index is 469. The van der Waals surface area contributed by atoms with Crippen LogP contribution in [0.25, 0.3) is 0 Å². The molecular formula is C14H17NO3. The molecule has 96 valence electrons. The summed E-state index contributed by atoms with van der Waals surface area (Å²) in [5.74, 6) is -0.0615. The van der Waals surface area contributed by atoms with E-state index in [0.717, 1.165) is 0 Å². The molecule has 0 aliphatic heterocycles. The Kier molecular flexibility index (Phi) is 4.33. The van der Waals surface area contributed by atoms with Crippen LogP contribution in [0.3, 0.4) is 0 Å². The maximum absolute atomic E-state index is 11.7. The lowest BCUT2D eigenvalue weighted by Gasteiger charge is -2.22. The molecule has 1 rings (SSSR count). The lowest BCUT2D eigenvalue weighted by atomic mass is 10.2. The zero-order chi connectivity index (χ0) is 13.8. The molecule has 0 aliphatic rings. The molecule has 1 unspecified atom stereocenters. The minimum atomic E-state index is -0.751. The standard InChI is InChI=1S/C14H17NO3/c1-10(13(16)18-14(2,3)4)17-12-8-6-5-7-11(12)9-15/h5-8,10H,1-4H3. The highest BCUT2D eigenvalue weighted by molar-refractivity contribution is 5.75. The first kappa shape index (κ1) is 14.0. The molecule has 0 amide bonds. The van der Waals surface area contributed by atoms with E-state index < -0.39 is 17.7 Å². The highest BCUT2D eigenvalue weighted by Crippen LogP contribution is 2.19. The van der Waals surface area contributed by atoms with Gasteiger partial charge >= 0.3 is 5.97 Å². The molecule has 0 fully saturated rings. The highest BCUT2D eigenvalue weighted by Gasteiger charge is 2.23. The molecule has 0 spiro atoms. The highest BCUT2D eigenvalue weighted by atomic mass is 16.6. The average Bonchev–Trinajstić information content (AvgIpc) is 2.27. The molecule has 0 saturated heterocycles. The van der Waals surface area contributed by atoms with Gasteiger partial charge in [0.25, 0.3) is 0 Å². The molecule has 0 N–H and O–H groups in total. The summed E-state index contributed by atoms with van der Waals surface area (Å²) < 4.78 is 10.6. The van der Waals surface area contributed by atoms with Gasteiger partial charge in [-0.05, 0) is 39.8 Å². The Morgan fingerprint density at radius 3 is 2.50 bits per heavy atom. The largest absolute Gasteiger partial charge is 0.478 e. The molecular weight excluding hydrogens is 230 g/mol. The van der Waals surface area contributed by atoms with E-state index in [-0.39, 0.29) is 0 Å². The molecule has 1 aromatic rings. The van der Waals surface area contributed by atoms with Crippen LogP contribution in [-0.2, 0) is 9.53 Å². The summed E-state index contributed by atoms with van der Waals surface area (Å²) in [5.41, 5.74) is -0.156. The van der Waals surface area contributed by atoms with Gasteiger partial charge in [0.2, 0.25) is 0 Å². The number of nitriles is 1. The van der Waals surface area contributed by atoms with Gasteiger partial charge in [0, 0.05) is 0 Å². The van der Waals surface area contributed by atoms with E-state index in [1.165, 1.54) is 0 Å². The normalized spacial score (nSPS) is 12.4. The van der Waals surface area contributed by atoms with Crippen LogP contribution in [0.5, 0.6) is 5.75 Å². The summed E-state index contributed by atoms with van der Waals surface area (Å²) >= 11 is 0. The Labute approximate surface area is 107 Å². The number of rotatable bonds is 3. The van der Waals surface area contributed by atoms with Crippen LogP contribution >= 0.6 is 0 Å². The number of nitrogens with zero attached hydrogens (tertiary/aromatic N) is 1. The zero-order valence-electron chi connectivity index (χ0n) is 11.1. The van der Waals surface area contributed by atoms with Crippen LogP contribution in [0.15, 0.2) is 24.3 Å². The van der Waals surface area contributed by atoms with Gasteiger partial charge in [0.05, 0.1) is 5.56 Å². The van der Waals surface area contributed by atoms with Crippen molar-refractivity contribution >= 4 is 5.97 Å². The molecule has 0 saturated carbocycles. The lowest BCUT2D eigenvalue weighted by molar-refractivity contribution is -0.162. The minimum Gasteiger partial charge on any atom is -0.478 e. The van der Waals surface area contributed by atoms with Gasteiger partial charge in [-0.3, -0.25) is 0 Å². The average molecular weight is 247 g/mol. The van der Waals surface area contributed by atoms with E-state index in [2.05, 4.69) is 0 Å². The predicted molar refractivity (Wildman–Crippen MR) is 67.1 cm³/mol. The minimum absolute atomic E-state index is 0.387. The van der Waals surface area contributed by atoms with E-state index in [1.807, 2.05) is 6.07 Å². The number of para-hydroxylation sites is 1. The van der Waals surface area contributed by atoms with Crippen molar-refractivity contribution in [1.82, 2.24) is 0 Å². The summed E-state index contributed by atoms with van der Waals surface area (Å²) in [6.07, 6.45) is -0.751. The van der Waals surface area contributed by atoms with Gasteiger partial charge in [0.1, 0.15) is 17.4 Å². The number of esters is 1. The first-order chi connectivity index (χ1) is 8.33. The first-order valence-corrected chi connectivity index (χ1v) is 5.72. The number of carbonyl (C=O) groups is 1. The summed E-state index contributed by atoms with van der Waals surface area (Å²) in [5, 5.41) is 8.91. The SMILES string of the molecule is CC(Oc1ccccc1C#N)C(=O)OC(C)(C)C. The molecule has 4 nitrogen and oxygen atoms in total. The Balaban J connectivity index is 2.73. The van der Waals surface area contributed by atoms with Crippen LogP contribution in [0.2, 0.25) is 0 Å². The summed E-state index contributed by atoms with van der Waals surface area (Å²) in [7, 11) is 0. The van der Waals surface area contributed by atoms with Crippen molar-refractivity contribution in [2.24, 2.45) is 0 Å². The molecule has 0 aliphatic carbocycles. The van der Waals surface area contributed by atoms with E-state index in [1.54, 1.807) is 52.0 Å².